The van der Waals surface area contributed by atoms with Crippen LogP contribution >= 0.6 is 0 Å². The Morgan fingerprint density at radius 3 is 2.50 bits per heavy atom. The van der Waals surface area contributed by atoms with Gasteiger partial charge >= 0.3 is 5.97 Å². The van der Waals surface area contributed by atoms with Gasteiger partial charge < -0.3 is 19.3 Å². The summed E-state index contributed by atoms with van der Waals surface area (Å²) in [5.74, 6) is -2.25. The molecule has 0 rings (SSSR count). The van der Waals surface area contributed by atoms with E-state index in [1.165, 1.54) is 0 Å². The van der Waals surface area contributed by atoms with Crippen molar-refractivity contribution in [2.75, 3.05) is 26.4 Å². The van der Waals surface area contributed by atoms with Crippen LogP contribution in [0.3, 0.4) is 0 Å². The van der Waals surface area contributed by atoms with Crippen molar-refractivity contribution in [1.29, 1.82) is 0 Å². The molecule has 0 aromatic rings. The van der Waals surface area contributed by atoms with Crippen LogP contribution < -0.4 is 0 Å². The summed E-state index contributed by atoms with van der Waals surface area (Å²) < 4.78 is 15.0. The van der Waals surface area contributed by atoms with Gasteiger partial charge in [-0.1, -0.05) is 13.5 Å². The second kappa shape index (κ2) is 8.27. The van der Waals surface area contributed by atoms with Gasteiger partial charge in [0, 0.05) is 19.1 Å². The highest BCUT2D eigenvalue weighted by Gasteiger charge is 2.28. The second-order valence-electron chi connectivity index (χ2n) is 3.17. The summed E-state index contributed by atoms with van der Waals surface area (Å²) in [6, 6.07) is 0. The normalized spacial score (nSPS) is 14.2. The van der Waals surface area contributed by atoms with Crippen molar-refractivity contribution in [3.05, 3.63) is 12.7 Å². The molecule has 0 aliphatic heterocycles. The molecular weight excluding hydrogens is 212 g/mol. The number of esters is 1. The summed E-state index contributed by atoms with van der Waals surface area (Å²) in [4.78, 5) is 10.9. The topological polar surface area (TPSA) is 65.0 Å². The molecule has 0 saturated heterocycles. The molecule has 1 atom stereocenters. The minimum Gasteiger partial charge on any atom is -0.428 e. The molecule has 0 bridgehead atoms. The summed E-state index contributed by atoms with van der Waals surface area (Å²) in [7, 11) is 0. The zero-order chi connectivity index (χ0) is 12.4. The molecule has 0 radical (unpaired) electrons. The van der Waals surface area contributed by atoms with Crippen LogP contribution in [0.2, 0.25) is 0 Å². The Kier molecular flexibility index (Phi) is 7.80. The van der Waals surface area contributed by atoms with Crippen molar-refractivity contribution in [3.8, 4) is 0 Å². The third-order valence-electron chi connectivity index (χ3n) is 1.91. The average molecular weight is 232 g/mol. The van der Waals surface area contributed by atoms with Gasteiger partial charge in [0.1, 0.15) is 6.61 Å². The molecule has 0 aliphatic carbocycles. The number of hydrogen-bond donors (Lipinski definition) is 1. The molecule has 1 N–H and O–H groups in total. The first-order chi connectivity index (χ1) is 7.58. The second-order valence-corrected chi connectivity index (χ2v) is 3.17. The predicted octanol–water partition coefficient (Wildman–Crippen LogP) is 0.867. The summed E-state index contributed by atoms with van der Waals surface area (Å²) in [6.07, 6.45) is 1.25. The fourth-order valence-electron chi connectivity index (χ4n) is 0.926. The van der Waals surface area contributed by atoms with E-state index in [-0.39, 0.29) is 13.0 Å². The molecule has 5 nitrogen and oxygen atoms in total. The summed E-state index contributed by atoms with van der Waals surface area (Å²) in [6.45, 7) is 8.18. The zero-order valence-electron chi connectivity index (χ0n) is 9.90. The van der Waals surface area contributed by atoms with Crippen molar-refractivity contribution in [2.45, 2.75) is 26.1 Å². The lowest BCUT2D eigenvalue weighted by Crippen LogP contribution is -2.39. The van der Waals surface area contributed by atoms with Crippen molar-refractivity contribution in [1.82, 2.24) is 0 Å². The van der Waals surface area contributed by atoms with Gasteiger partial charge in [0.15, 0.2) is 0 Å². The van der Waals surface area contributed by atoms with Crippen molar-refractivity contribution in [2.24, 2.45) is 0 Å². The molecule has 0 saturated carbocycles. The van der Waals surface area contributed by atoms with Crippen molar-refractivity contribution < 1.29 is 24.1 Å². The van der Waals surface area contributed by atoms with E-state index >= 15 is 0 Å². The van der Waals surface area contributed by atoms with Crippen LogP contribution in [-0.4, -0.2) is 43.3 Å². The first-order valence-electron chi connectivity index (χ1n) is 5.31. The van der Waals surface area contributed by atoms with Crippen LogP contribution in [0.1, 0.15) is 20.3 Å². The third kappa shape index (κ3) is 6.55. The van der Waals surface area contributed by atoms with E-state index in [2.05, 4.69) is 6.58 Å². The van der Waals surface area contributed by atoms with Gasteiger partial charge in [0.25, 0.3) is 0 Å². The highest BCUT2D eigenvalue weighted by Crippen LogP contribution is 2.13. The molecule has 94 valence electrons. The Morgan fingerprint density at radius 1 is 1.38 bits per heavy atom. The molecule has 0 aromatic carbocycles. The minimum absolute atomic E-state index is 0.0733. The molecule has 0 fully saturated rings. The maximum atomic E-state index is 10.9. The predicted molar refractivity (Wildman–Crippen MR) is 58.8 cm³/mol. The molecule has 0 heterocycles. The standard InChI is InChI=1S/C11H20O5/c1-4-10(12)16-11(13,5-2)9-15-8-7-14-6-3/h4,13H,1,5-9H2,2-3H3. The van der Waals surface area contributed by atoms with Gasteiger partial charge in [-0.05, 0) is 6.92 Å². The van der Waals surface area contributed by atoms with E-state index in [9.17, 15) is 9.90 Å². The van der Waals surface area contributed by atoms with Crippen LogP contribution in [0, 0.1) is 0 Å². The number of ether oxygens (including phenoxy) is 3. The molecule has 0 aromatic heterocycles. The number of carbonyl (C=O) groups is 1. The number of aliphatic hydroxyl groups is 1. The number of rotatable bonds is 9. The lowest BCUT2D eigenvalue weighted by molar-refractivity contribution is -0.226. The van der Waals surface area contributed by atoms with Crippen molar-refractivity contribution >= 4 is 5.97 Å². The minimum atomic E-state index is -1.59. The van der Waals surface area contributed by atoms with E-state index in [1.807, 2.05) is 6.92 Å². The van der Waals surface area contributed by atoms with Crippen LogP contribution in [-0.2, 0) is 19.0 Å². The lowest BCUT2D eigenvalue weighted by Gasteiger charge is -2.25. The maximum Gasteiger partial charge on any atom is 0.332 e. The number of hydrogen-bond acceptors (Lipinski definition) is 5. The molecule has 0 spiro atoms. The fourth-order valence-corrected chi connectivity index (χ4v) is 0.926. The smallest absolute Gasteiger partial charge is 0.332 e. The highest BCUT2D eigenvalue weighted by atomic mass is 16.7. The van der Waals surface area contributed by atoms with Crippen LogP contribution in [0.4, 0.5) is 0 Å². The zero-order valence-corrected chi connectivity index (χ0v) is 9.90. The van der Waals surface area contributed by atoms with E-state index < -0.39 is 11.8 Å². The Labute approximate surface area is 96.0 Å². The SMILES string of the molecule is C=CC(=O)OC(O)(CC)COCCOCC. The third-order valence-corrected chi connectivity index (χ3v) is 1.91. The first kappa shape index (κ1) is 15.1. The van der Waals surface area contributed by atoms with Crippen LogP contribution in [0.15, 0.2) is 12.7 Å². The van der Waals surface area contributed by atoms with Gasteiger partial charge in [-0.25, -0.2) is 4.79 Å². The van der Waals surface area contributed by atoms with Gasteiger partial charge in [-0.3, -0.25) is 0 Å². The molecule has 1 unspecified atom stereocenters. The monoisotopic (exact) mass is 232 g/mol. The molecular formula is C11H20O5. The quantitative estimate of drug-likeness (QED) is 0.276. The van der Waals surface area contributed by atoms with Gasteiger partial charge in [0.2, 0.25) is 5.79 Å². The van der Waals surface area contributed by atoms with E-state index in [0.717, 1.165) is 6.08 Å². The summed E-state index contributed by atoms with van der Waals surface area (Å²) in [5, 5.41) is 9.82. The van der Waals surface area contributed by atoms with Gasteiger partial charge in [-0.15, -0.1) is 0 Å². The molecule has 0 amide bonds. The van der Waals surface area contributed by atoms with E-state index in [0.29, 0.717) is 19.8 Å². The Hall–Kier alpha value is -0.910. The lowest BCUT2D eigenvalue weighted by atomic mass is 10.2. The average Bonchev–Trinajstić information content (AvgIpc) is 2.28. The Balaban J connectivity index is 3.87. The van der Waals surface area contributed by atoms with Crippen LogP contribution in [0.5, 0.6) is 0 Å². The maximum absolute atomic E-state index is 10.9. The fraction of sp³-hybridized carbons (Fsp3) is 0.727. The van der Waals surface area contributed by atoms with Crippen molar-refractivity contribution in [3.63, 3.8) is 0 Å². The Bertz CT molecular complexity index is 216. The molecule has 16 heavy (non-hydrogen) atoms. The van der Waals surface area contributed by atoms with Gasteiger partial charge in [0.05, 0.1) is 13.2 Å². The van der Waals surface area contributed by atoms with E-state index in [4.69, 9.17) is 14.2 Å². The first-order valence-corrected chi connectivity index (χ1v) is 5.31. The Morgan fingerprint density at radius 2 is 2.00 bits per heavy atom. The largest absolute Gasteiger partial charge is 0.428 e. The summed E-state index contributed by atoms with van der Waals surface area (Å²) >= 11 is 0. The molecule has 0 aliphatic rings. The number of carbonyl (C=O) groups excluding carboxylic acids is 1. The van der Waals surface area contributed by atoms with Crippen LogP contribution in [0.25, 0.3) is 0 Å². The highest BCUT2D eigenvalue weighted by molar-refractivity contribution is 5.81. The molecule has 5 heteroatoms. The van der Waals surface area contributed by atoms with E-state index in [1.54, 1.807) is 6.92 Å². The van der Waals surface area contributed by atoms with Gasteiger partial charge in [-0.2, -0.15) is 0 Å². The summed E-state index contributed by atoms with van der Waals surface area (Å²) in [5.41, 5.74) is 0.